The van der Waals surface area contributed by atoms with Crippen LogP contribution in [0.3, 0.4) is 0 Å². The molecular formula is C20H23N4S2+. The van der Waals surface area contributed by atoms with Crippen molar-refractivity contribution in [3.63, 3.8) is 0 Å². The lowest BCUT2D eigenvalue weighted by atomic mass is 10.2. The molecule has 26 heavy (non-hydrogen) atoms. The number of nitrogens with one attached hydrogen (secondary N) is 1. The molecule has 0 bridgehead atoms. The van der Waals surface area contributed by atoms with E-state index in [9.17, 15) is 0 Å². The number of likely N-dealkylation sites (tertiary alicyclic amines) is 1. The van der Waals surface area contributed by atoms with Gasteiger partial charge in [0.1, 0.15) is 11.9 Å². The standard InChI is InChI=1S/C20H22N4S2/c25-20-23(14-22-12-4-8-17(22)18-9-5-13-26-18)21-19(15-10-11-15)24(20)16-6-2-1-3-7-16/h1-3,5-7,9,13,15,17H,4,8,10-12,14H2/p+1/t17-/m0/s1. The minimum Gasteiger partial charge on any atom is -0.309 e. The molecule has 2 aliphatic rings. The van der Waals surface area contributed by atoms with Crippen molar-refractivity contribution < 1.29 is 4.90 Å². The Bertz CT molecular complexity index is 938. The molecule has 4 nitrogen and oxygen atoms in total. The lowest BCUT2D eigenvalue weighted by molar-refractivity contribution is -0.941. The molecule has 1 aliphatic heterocycles. The third-order valence-corrected chi connectivity index (χ3v) is 6.92. The summed E-state index contributed by atoms with van der Waals surface area (Å²) in [7, 11) is 0. The number of nitrogens with zero attached hydrogens (tertiary/aromatic N) is 3. The van der Waals surface area contributed by atoms with Gasteiger partial charge in [-0.1, -0.05) is 24.3 Å². The first-order chi connectivity index (χ1) is 12.8. The minimum absolute atomic E-state index is 0.569. The fourth-order valence-electron chi connectivity index (χ4n) is 4.08. The molecule has 0 radical (unpaired) electrons. The van der Waals surface area contributed by atoms with Gasteiger partial charge in [-0.25, -0.2) is 0 Å². The topological polar surface area (TPSA) is 27.2 Å². The van der Waals surface area contributed by atoms with Gasteiger partial charge >= 0.3 is 0 Å². The van der Waals surface area contributed by atoms with Crippen LogP contribution in [-0.4, -0.2) is 20.9 Å². The average molecular weight is 384 g/mol. The van der Waals surface area contributed by atoms with E-state index < -0.39 is 0 Å². The quantitative estimate of drug-likeness (QED) is 0.680. The van der Waals surface area contributed by atoms with Crippen molar-refractivity contribution in [2.24, 2.45) is 0 Å². The maximum atomic E-state index is 5.87. The second-order valence-corrected chi connectivity index (χ2v) is 8.71. The monoisotopic (exact) mass is 383 g/mol. The molecule has 3 aromatic rings. The van der Waals surface area contributed by atoms with E-state index in [1.807, 2.05) is 17.4 Å². The number of hydrogen-bond acceptors (Lipinski definition) is 3. The normalized spacial score (nSPS) is 22.8. The van der Waals surface area contributed by atoms with Crippen LogP contribution in [0, 0.1) is 4.77 Å². The van der Waals surface area contributed by atoms with Crippen LogP contribution in [0.4, 0.5) is 0 Å². The van der Waals surface area contributed by atoms with Gasteiger partial charge in [0.15, 0.2) is 6.67 Å². The smallest absolute Gasteiger partial charge is 0.207 e. The first kappa shape index (κ1) is 16.4. The van der Waals surface area contributed by atoms with Gasteiger partial charge in [-0.3, -0.25) is 4.57 Å². The van der Waals surface area contributed by atoms with Crippen LogP contribution in [0.5, 0.6) is 0 Å². The predicted octanol–water partition coefficient (Wildman–Crippen LogP) is 3.72. The van der Waals surface area contributed by atoms with E-state index in [0.717, 1.165) is 23.0 Å². The van der Waals surface area contributed by atoms with Crippen molar-refractivity contribution in [2.45, 2.75) is 44.3 Å². The number of rotatable bonds is 5. The number of thiophene rings is 1. The largest absolute Gasteiger partial charge is 0.309 e. The summed E-state index contributed by atoms with van der Waals surface area (Å²) in [6.07, 6.45) is 5.00. The molecule has 1 aliphatic carbocycles. The second-order valence-electron chi connectivity index (χ2n) is 7.36. The van der Waals surface area contributed by atoms with Crippen molar-refractivity contribution in [3.8, 4) is 5.69 Å². The molecule has 1 N–H and O–H groups in total. The molecule has 2 fully saturated rings. The molecule has 2 aromatic heterocycles. The highest BCUT2D eigenvalue weighted by atomic mass is 32.1. The fourth-order valence-corrected chi connectivity index (χ4v) is 5.30. The summed E-state index contributed by atoms with van der Waals surface area (Å²) in [6.45, 7) is 2.06. The van der Waals surface area contributed by atoms with Crippen LogP contribution in [0.1, 0.15) is 48.3 Å². The van der Waals surface area contributed by atoms with E-state index in [1.54, 1.807) is 4.90 Å². The fraction of sp³-hybridized carbons (Fsp3) is 0.400. The first-order valence-corrected chi connectivity index (χ1v) is 10.7. The van der Waals surface area contributed by atoms with Crippen LogP contribution < -0.4 is 4.90 Å². The predicted molar refractivity (Wildman–Crippen MR) is 106 cm³/mol. The highest BCUT2D eigenvalue weighted by Gasteiger charge is 2.34. The molecule has 1 saturated carbocycles. The van der Waals surface area contributed by atoms with Crippen LogP contribution in [0.2, 0.25) is 0 Å². The van der Waals surface area contributed by atoms with Crippen LogP contribution in [0.15, 0.2) is 47.8 Å². The minimum atomic E-state index is 0.569. The molecule has 1 aromatic carbocycles. The SMILES string of the molecule is S=c1n(C[NH+]2CCC[C@H]2c2cccs2)nc(C2CC2)n1-c1ccccc1. The maximum absolute atomic E-state index is 5.87. The zero-order valence-electron chi connectivity index (χ0n) is 14.7. The highest BCUT2D eigenvalue weighted by Crippen LogP contribution is 2.40. The van der Waals surface area contributed by atoms with Gasteiger partial charge in [-0.05, 0) is 48.6 Å². The summed E-state index contributed by atoms with van der Waals surface area (Å²) in [5.74, 6) is 1.72. The molecule has 2 atom stereocenters. The zero-order chi connectivity index (χ0) is 17.5. The Balaban J connectivity index is 1.49. The maximum Gasteiger partial charge on any atom is 0.207 e. The van der Waals surface area contributed by atoms with Gasteiger partial charge in [0, 0.05) is 24.4 Å². The summed E-state index contributed by atoms with van der Waals surface area (Å²) in [4.78, 5) is 3.08. The molecular weight excluding hydrogens is 360 g/mol. The van der Waals surface area contributed by atoms with Gasteiger partial charge in [0.25, 0.3) is 0 Å². The molecule has 1 unspecified atom stereocenters. The number of hydrogen-bond donors (Lipinski definition) is 1. The third kappa shape index (κ3) is 2.96. The van der Waals surface area contributed by atoms with Crippen molar-refractivity contribution in [2.75, 3.05) is 6.54 Å². The van der Waals surface area contributed by atoms with Gasteiger partial charge in [-0.2, -0.15) is 9.78 Å². The van der Waals surface area contributed by atoms with Crippen molar-refractivity contribution in [1.29, 1.82) is 0 Å². The van der Waals surface area contributed by atoms with Crippen molar-refractivity contribution in [3.05, 3.63) is 63.3 Å². The summed E-state index contributed by atoms with van der Waals surface area (Å²) < 4.78 is 5.11. The van der Waals surface area contributed by atoms with E-state index >= 15 is 0 Å². The lowest BCUT2D eigenvalue weighted by Gasteiger charge is -2.20. The number of quaternary nitrogens is 1. The molecule has 6 heteroatoms. The molecule has 5 rings (SSSR count). The highest BCUT2D eigenvalue weighted by molar-refractivity contribution is 7.71. The van der Waals surface area contributed by atoms with E-state index in [4.69, 9.17) is 17.3 Å². The number of para-hydroxylation sites is 1. The Kier molecular flexibility index (Phi) is 4.27. The Morgan fingerprint density at radius 2 is 1.96 bits per heavy atom. The molecule has 3 heterocycles. The summed E-state index contributed by atoms with van der Waals surface area (Å²) in [6, 6.07) is 15.5. The van der Waals surface area contributed by atoms with Gasteiger partial charge in [0.2, 0.25) is 4.77 Å². The van der Waals surface area contributed by atoms with Crippen molar-refractivity contribution in [1.82, 2.24) is 14.3 Å². The Hall–Kier alpha value is -1.76. The summed E-state index contributed by atoms with van der Waals surface area (Å²) >= 11 is 7.74. The first-order valence-electron chi connectivity index (χ1n) is 9.44. The molecule has 0 spiro atoms. The van der Waals surface area contributed by atoms with E-state index in [0.29, 0.717) is 12.0 Å². The Morgan fingerprint density at radius 1 is 1.12 bits per heavy atom. The Labute approximate surface area is 162 Å². The van der Waals surface area contributed by atoms with E-state index in [1.165, 1.54) is 37.1 Å². The average Bonchev–Trinajstić information content (AvgIpc) is 3.06. The van der Waals surface area contributed by atoms with E-state index in [-0.39, 0.29) is 0 Å². The molecule has 134 valence electrons. The zero-order valence-corrected chi connectivity index (χ0v) is 16.3. The number of benzene rings is 1. The van der Waals surface area contributed by atoms with Crippen molar-refractivity contribution >= 4 is 23.6 Å². The van der Waals surface area contributed by atoms with Crippen LogP contribution in [-0.2, 0) is 6.67 Å². The summed E-state index contributed by atoms with van der Waals surface area (Å²) in [5.41, 5.74) is 1.14. The summed E-state index contributed by atoms with van der Waals surface area (Å²) in [5, 5.41) is 7.17. The van der Waals surface area contributed by atoms with E-state index in [2.05, 4.69) is 51.0 Å². The second kappa shape index (κ2) is 6.76. The number of aromatic nitrogens is 3. The van der Waals surface area contributed by atoms with Gasteiger partial charge < -0.3 is 4.90 Å². The third-order valence-electron chi connectivity index (χ3n) is 5.54. The molecule has 1 saturated heterocycles. The lowest BCUT2D eigenvalue weighted by Crippen LogP contribution is -3.09. The van der Waals surface area contributed by atoms with Crippen LogP contribution in [0.25, 0.3) is 5.69 Å². The van der Waals surface area contributed by atoms with Gasteiger partial charge in [0.05, 0.1) is 11.4 Å². The van der Waals surface area contributed by atoms with Gasteiger partial charge in [-0.15, -0.1) is 11.3 Å². The molecule has 0 amide bonds. The van der Waals surface area contributed by atoms with Crippen LogP contribution >= 0.6 is 23.6 Å². The Morgan fingerprint density at radius 3 is 2.69 bits per heavy atom.